The molecule has 0 saturated heterocycles. The summed E-state index contributed by atoms with van der Waals surface area (Å²) >= 11 is 0. The van der Waals surface area contributed by atoms with Gasteiger partial charge in [0.05, 0.1) is 5.56 Å². The number of aryl methyl sites for hydroxylation is 1. The average Bonchev–Trinajstić information content (AvgIpc) is 3.10. The maximum atomic E-state index is 13.1. The van der Waals surface area contributed by atoms with Crippen molar-refractivity contribution in [3.8, 4) is 11.5 Å². The summed E-state index contributed by atoms with van der Waals surface area (Å²) in [6.45, 7) is 1.60. The lowest BCUT2D eigenvalue weighted by atomic mass is 10.00. The fourth-order valence-electron chi connectivity index (χ4n) is 2.10. The Labute approximate surface area is 107 Å². The van der Waals surface area contributed by atoms with Gasteiger partial charge in [-0.05, 0) is 36.5 Å². The number of hydrogen-bond acceptors (Lipinski definition) is 3. The molecule has 6 heteroatoms. The molecule has 0 bridgehead atoms. The quantitative estimate of drug-likeness (QED) is 0.828. The molecular weight excluding hydrogens is 257 g/mol. The molecule has 3 rings (SSSR count). The lowest BCUT2D eigenvalue weighted by Gasteiger charge is -2.13. The Morgan fingerprint density at radius 3 is 2.47 bits per heavy atom. The number of hydrogen-bond donors (Lipinski definition) is 0. The van der Waals surface area contributed by atoms with Gasteiger partial charge in [-0.15, -0.1) is 10.2 Å². The van der Waals surface area contributed by atoms with Crippen molar-refractivity contribution in [1.29, 1.82) is 0 Å². The summed E-state index contributed by atoms with van der Waals surface area (Å²) in [6.07, 6.45) is -2.72. The van der Waals surface area contributed by atoms with E-state index in [1.54, 1.807) is 13.0 Å². The van der Waals surface area contributed by atoms with E-state index in [0.717, 1.165) is 18.9 Å². The van der Waals surface area contributed by atoms with E-state index < -0.39 is 11.7 Å². The Balaban J connectivity index is 2.09. The van der Waals surface area contributed by atoms with E-state index >= 15 is 0 Å². The Hall–Kier alpha value is -1.85. The van der Waals surface area contributed by atoms with E-state index in [1.807, 2.05) is 0 Å². The molecule has 1 fully saturated rings. The number of alkyl halides is 3. The van der Waals surface area contributed by atoms with Crippen molar-refractivity contribution < 1.29 is 17.6 Å². The van der Waals surface area contributed by atoms with Gasteiger partial charge in [0.15, 0.2) is 0 Å². The van der Waals surface area contributed by atoms with Gasteiger partial charge in [-0.1, -0.05) is 6.07 Å². The van der Waals surface area contributed by atoms with E-state index in [0.29, 0.717) is 17.0 Å². The van der Waals surface area contributed by atoms with E-state index in [9.17, 15) is 13.2 Å². The van der Waals surface area contributed by atoms with Gasteiger partial charge in [-0.25, -0.2) is 0 Å². The molecule has 19 heavy (non-hydrogen) atoms. The SMILES string of the molecule is Cc1nnc(-c2ccc(C3CC3)c(C(F)(F)F)c2)o1. The van der Waals surface area contributed by atoms with Gasteiger partial charge >= 0.3 is 6.18 Å². The molecule has 0 spiro atoms. The van der Waals surface area contributed by atoms with Crippen molar-refractivity contribution in [1.82, 2.24) is 10.2 Å². The number of nitrogens with zero attached hydrogens (tertiary/aromatic N) is 2. The predicted molar refractivity (Wildman–Crippen MR) is 61.4 cm³/mol. The van der Waals surface area contributed by atoms with Crippen molar-refractivity contribution in [2.24, 2.45) is 0 Å². The second-order valence-corrected chi connectivity index (χ2v) is 4.70. The van der Waals surface area contributed by atoms with Gasteiger partial charge in [0.1, 0.15) is 0 Å². The second-order valence-electron chi connectivity index (χ2n) is 4.70. The molecule has 0 unspecified atom stereocenters. The average molecular weight is 268 g/mol. The lowest BCUT2D eigenvalue weighted by Crippen LogP contribution is -2.09. The summed E-state index contributed by atoms with van der Waals surface area (Å²) in [7, 11) is 0. The Bertz CT molecular complexity index is 615. The highest BCUT2D eigenvalue weighted by Crippen LogP contribution is 2.46. The first-order valence-electron chi connectivity index (χ1n) is 5.97. The summed E-state index contributed by atoms with van der Waals surface area (Å²) in [5.74, 6) is 0.482. The third-order valence-corrected chi connectivity index (χ3v) is 3.15. The molecule has 0 atom stereocenters. The van der Waals surface area contributed by atoms with Crippen LogP contribution in [0.5, 0.6) is 0 Å². The molecule has 3 nitrogen and oxygen atoms in total. The van der Waals surface area contributed by atoms with Crippen molar-refractivity contribution in [3.05, 3.63) is 35.2 Å². The van der Waals surface area contributed by atoms with Crippen LogP contribution >= 0.6 is 0 Å². The van der Waals surface area contributed by atoms with Crippen LogP contribution in [0.2, 0.25) is 0 Å². The molecule has 2 aromatic rings. The zero-order valence-electron chi connectivity index (χ0n) is 10.2. The van der Waals surface area contributed by atoms with Crippen LogP contribution in [0.3, 0.4) is 0 Å². The van der Waals surface area contributed by atoms with Gasteiger partial charge in [-0.3, -0.25) is 0 Å². The Morgan fingerprint density at radius 1 is 1.21 bits per heavy atom. The Morgan fingerprint density at radius 2 is 1.95 bits per heavy atom. The zero-order valence-corrected chi connectivity index (χ0v) is 10.2. The summed E-state index contributed by atoms with van der Waals surface area (Å²) < 4.78 is 44.4. The molecule has 0 aliphatic heterocycles. The second kappa shape index (κ2) is 4.08. The van der Waals surface area contributed by atoms with Crippen LogP contribution in [0, 0.1) is 6.92 Å². The fourth-order valence-corrected chi connectivity index (χ4v) is 2.10. The molecule has 0 N–H and O–H groups in total. The molecule has 0 amide bonds. The third kappa shape index (κ3) is 2.34. The van der Waals surface area contributed by atoms with Gasteiger partial charge in [0.25, 0.3) is 0 Å². The number of benzene rings is 1. The smallest absolute Gasteiger partial charge is 0.416 e. The molecule has 1 aromatic carbocycles. The van der Waals surface area contributed by atoms with Crippen molar-refractivity contribution in [3.63, 3.8) is 0 Å². The van der Waals surface area contributed by atoms with E-state index in [-0.39, 0.29) is 11.8 Å². The summed E-state index contributed by atoms with van der Waals surface area (Å²) in [6, 6.07) is 4.23. The third-order valence-electron chi connectivity index (χ3n) is 3.15. The van der Waals surface area contributed by atoms with Crippen molar-refractivity contribution in [2.45, 2.75) is 31.9 Å². The van der Waals surface area contributed by atoms with Crippen LogP contribution in [0.15, 0.2) is 22.6 Å². The molecular formula is C13H11F3N2O. The largest absolute Gasteiger partial charge is 0.421 e. The highest BCUT2D eigenvalue weighted by molar-refractivity contribution is 5.57. The minimum absolute atomic E-state index is 0.0371. The highest BCUT2D eigenvalue weighted by atomic mass is 19.4. The molecule has 0 radical (unpaired) electrons. The van der Waals surface area contributed by atoms with E-state index in [4.69, 9.17) is 4.42 Å². The Kier molecular flexibility index (Phi) is 2.62. The highest BCUT2D eigenvalue weighted by Gasteiger charge is 2.38. The van der Waals surface area contributed by atoms with Crippen molar-refractivity contribution >= 4 is 0 Å². The first kappa shape index (κ1) is 12.2. The fraction of sp³-hybridized carbons (Fsp3) is 0.385. The maximum Gasteiger partial charge on any atom is 0.416 e. The molecule has 1 aliphatic rings. The van der Waals surface area contributed by atoms with Crippen LogP contribution in [0.1, 0.15) is 35.8 Å². The number of rotatable bonds is 2. The van der Waals surface area contributed by atoms with Crippen LogP contribution < -0.4 is 0 Å². The monoisotopic (exact) mass is 268 g/mol. The van der Waals surface area contributed by atoms with E-state index in [2.05, 4.69) is 10.2 Å². The number of aromatic nitrogens is 2. The number of halogens is 3. The van der Waals surface area contributed by atoms with Gasteiger partial charge in [0, 0.05) is 12.5 Å². The normalized spacial score (nSPS) is 15.8. The summed E-state index contributed by atoms with van der Waals surface area (Å²) in [5, 5.41) is 7.37. The van der Waals surface area contributed by atoms with E-state index in [1.165, 1.54) is 6.07 Å². The summed E-state index contributed by atoms with van der Waals surface area (Å²) in [5.41, 5.74) is 0.0770. The van der Waals surface area contributed by atoms with Crippen LogP contribution in [-0.2, 0) is 6.18 Å². The first-order chi connectivity index (χ1) is 8.95. The molecule has 1 saturated carbocycles. The topological polar surface area (TPSA) is 38.9 Å². The summed E-state index contributed by atoms with van der Waals surface area (Å²) in [4.78, 5) is 0. The van der Waals surface area contributed by atoms with Crippen LogP contribution in [0.25, 0.3) is 11.5 Å². The zero-order chi connectivity index (χ0) is 13.6. The maximum absolute atomic E-state index is 13.1. The minimum Gasteiger partial charge on any atom is -0.421 e. The molecule has 100 valence electrons. The van der Waals surface area contributed by atoms with Gasteiger partial charge < -0.3 is 4.42 Å². The molecule has 1 heterocycles. The molecule has 1 aromatic heterocycles. The lowest BCUT2D eigenvalue weighted by molar-refractivity contribution is -0.138. The standard InChI is InChI=1S/C13H11F3N2O/c1-7-17-18-12(19-7)9-4-5-10(8-2-3-8)11(6-9)13(14,15)16/h4-6,8H,2-3H2,1H3. The molecule has 1 aliphatic carbocycles. The van der Waals surface area contributed by atoms with Gasteiger partial charge in [-0.2, -0.15) is 13.2 Å². The predicted octanol–water partition coefficient (Wildman–Crippen LogP) is 3.94. The van der Waals surface area contributed by atoms with Crippen LogP contribution in [0.4, 0.5) is 13.2 Å². The first-order valence-corrected chi connectivity index (χ1v) is 5.97. The van der Waals surface area contributed by atoms with Gasteiger partial charge in [0.2, 0.25) is 11.8 Å². The van der Waals surface area contributed by atoms with Crippen LogP contribution in [-0.4, -0.2) is 10.2 Å². The van der Waals surface area contributed by atoms with Crippen molar-refractivity contribution in [2.75, 3.05) is 0 Å². The minimum atomic E-state index is -4.36.